The number of nitrogens with one attached hydrogen (secondary N) is 2. The molecule has 0 saturated carbocycles. The lowest BCUT2D eigenvalue weighted by Gasteiger charge is -2.12. The molecule has 2 rings (SSSR count). The molecule has 0 fully saturated rings. The van der Waals surface area contributed by atoms with Gasteiger partial charge in [0.25, 0.3) is 0 Å². The predicted molar refractivity (Wildman–Crippen MR) is 87.5 cm³/mol. The first-order valence-electron chi connectivity index (χ1n) is 7.25. The molecule has 0 atom stereocenters. The molecule has 0 spiro atoms. The number of aromatic nitrogens is 2. The van der Waals surface area contributed by atoms with Gasteiger partial charge in [-0.15, -0.1) is 0 Å². The zero-order chi connectivity index (χ0) is 15.9. The van der Waals surface area contributed by atoms with Crippen LogP contribution in [0.5, 0.6) is 0 Å². The fourth-order valence-electron chi connectivity index (χ4n) is 1.95. The summed E-state index contributed by atoms with van der Waals surface area (Å²) in [7, 11) is 4.06. The summed E-state index contributed by atoms with van der Waals surface area (Å²) in [6.07, 6.45) is 0. The number of likely N-dealkylation sites (N-methyl/N-ethyl adjacent to an activating group) is 1. The lowest BCUT2D eigenvalue weighted by atomic mass is 10.2. The van der Waals surface area contributed by atoms with Crippen LogP contribution in [-0.4, -0.2) is 42.1 Å². The van der Waals surface area contributed by atoms with Gasteiger partial charge in [0.2, 0.25) is 0 Å². The molecule has 2 aromatic rings. The van der Waals surface area contributed by atoms with Gasteiger partial charge < -0.3 is 15.5 Å². The summed E-state index contributed by atoms with van der Waals surface area (Å²) >= 11 is 0. The number of hydrogen-bond donors (Lipinski definition) is 2. The van der Waals surface area contributed by atoms with Crippen molar-refractivity contribution in [3.05, 3.63) is 47.5 Å². The highest BCUT2D eigenvalue weighted by Gasteiger charge is 2.02. The highest BCUT2D eigenvalue weighted by molar-refractivity contribution is 5.47. The van der Waals surface area contributed by atoms with Gasteiger partial charge in [0.1, 0.15) is 23.3 Å². The van der Waals surface area contributed by atoms with Crippen molar-refractivity contribution in [2.45, 2.75) is 13.5 Å². The number of halogens is 1. The standard InChI is InChI=1S/C16H22FN5/c1-12-20-15(18-8-9-22(2)3)10-16(21-12)19-11-13-4-6-14(17)7-5-13/h4-7,10H,8-9,11H2,1-3H3,(H2,18,19,20,21). The molecular formula is C16H22FN5. The summed E-state index contributed by atoms with van der Waals surface area (Å²) in [5, 5.41) is 6.52. The highest BCUT2D eigenvalue weighted by atomic mass is 19.1. The van der Waals surface area contributed by atoms with E-state index in [1.807, 2.05) is 27.1 Å². The van der Waals surface area contributed by atoms with Crippen LogP contribution >= 0.6 is 0 Å². The summed E-state index contributed by atoms with van der Waals surface area (Å²) in [4.78, 5) is 10.8. The van der Waals surface area contributed by atoms with Crippen LogP contribution in [0.25, 0.3) is 0 Å². The van der Waals surface area contributed by atoms with Crippen molar-refractivity contribution in [1.29, 1.82) is 0 Å². The average molecular weight is 303 g/mol. The molecule has 0 unspecified atom stereocenters. The van der Waals surface area contributed by atoms with Crippen molar-refractivity contribution < 1.29 is 4.39 Å². The van der Waals surface area contributed by atoms with Gasteiger partial charge >= 0.3 is 0 Å². The van der Waals surface area contributed by atoms with Crippen LogP contribution in [0, 0.1) is 12.7 Å². The van der Waals surface area contributed by atoms with E-state index < -0.39 is 0 Å². The third kappa shape index (κ3) is 5.29. The number of rotatable bonds is 7. The van der Waals surface area contributed by atoms with E-state index in [1.165, 1.54) is 12.1 Å². The summed E-state index contributed by atoms with van der Waals surface area (Å²) in [5.74, 6) is 2.03. The van der Waals surface area contributed by atoms with Crippen molar-refractivity contribution in [3.63, 3.8) is 0 Å². The molecular weight excluding hydrogens is 281 g/mol. The van der Waals surface area contributed by atoms with Gasteiger partial charge in [-0.3, -0.25) is 0 Å². The molecule has 1 heterocycles. The number of anilines is 2. The van der Waals surface area contributed by atoms with E-state index in [1.54, 1.807) is 12.1 Å². The van der Waals surface area contributed by atoms with Crippen LogP contribution in [0.4, 0.5) is 16.0 Å². The molecule has 0 aliphatic heterocycles. The first kappa shape index (κ1) is 16.2. The summed E-state index contributed by atoms with van der Waals surface area (Å²) in [5.41, 5.74) is 1.000. The Morgan fingerprint density at radius 2 is 1.68 bits per heavy atom. The van der Waals surface area contributed by atoms with Gasteiger partial charge in [0.15, 0.2) is 0 Å². The van der Waals surface area contributed by atoms with Gasteiger partial charge in [0, 0.05) is 25.7 Å². The first-order chi connectivity index (χ1) is 10.5. The molecule has 6 heteroatoms. The Labute approximate surface area is 130 Å². The Morgan fingerprint density at radius 1 is 1.05 bits per heavy atom. The van der Waals surface area contributed by atoms with Crippen molar-refractivity contribution in [3.8, 4) is 0 Å². The second kappa shape index (κ2) is 7.70. The van der Waals surface area contributed by atoms with Crippen molar-refractivity contribution in [2.24, 2.45) is 0 Å². The quantitative estimate of drug-likeness (QED) is 0.823. The minimum atomic E-state index is -0.228. The molecule has 22 heavy (non-hydrogen) atoms. The van der Waals surface area contributed by atoms with E-state index in [0.717, 1.165) is 30.3 Å². The molecule has 0 aliphatic carbocycles. The molecule has 118 valence electrons. The van der Waals surface area contributed by atoms with Gasteiger partial charge in [-0.05, 0) is 38.7 Å². The average Bonchev–Trinajstić information content (AvgIpc) is 2.46. The molecule has 0 saturated heterocycles. The van der Waals surface area contributed by atoms with E-state index in [4.69, 9.17) is 0 Å². The number of nitrogens with zero attached hydrogens (tertiary/aromatic N) is 3. The smallest absolute Gasteiger partial charge is 0.132 e. The third-order valence-corrected chi connectivity index (χ3v) is 3.09. The molecule has 0 aliphatic rings. The summed E-state index contributed by atoms with van der Waals surface area (Å²) < 4.78 is 12.9. The van der Waals surface area contributed by atoms with Crippen LogP contribution < -0.4 is 10.6 Å². The van der Waals surface area contributed by atoms with Crippen LogP contribution in [0.2, 0.25) is 0 Å². The highest BCUT2D eigenvalue weighted by Crippen LogP contribution is 2.12. The lowest BCUT2D eigenvalue weighted by Crippen LogP contribution is -2.21. The van der Waals surface area contributed by atoms with Crippen LogP contribution in [0.3, 0.4) is 0 Å². The van der Waals surface area contributed by atoms with Crippen LogP contribution in [0.1, 0.15) is 11.4 Å². The van der Waals surface area contributed by atoms with Gasteiger partial charge in [-0.25, -0.2) is 14.4 Å². The maximum atomic E-state index is 12.9. The largest absolute Gasteiger partial charge is 0.369 e. The van der Waals surface area contributed by atoms with Crippen molar-refractivity contribution in [2.75, 3.05) is 37.8 Å². The Kier molecular flexibility index (Phi) is 5.66. The monoisotopic (exact) mass is 303 g/mol. The van der Waals surface area contributed by atoms with Crippen LogP contribution in [-0.2, 0) is 6.54 Å². The second-order valence-electron chi connectivity index (χ2n) is 5.40. The Hall–Kier alpha value is -2.21. The SMILES string of the molecule is Cc1nc(NCCN(C)C)cc(NCc2ccc(F)cc2)n1. The minimum Gasteiger partial charge on any atom is -0.369 e. The maximum Gasteiger partial charge on any atom is 0.132 e. The Bertz CT molecular complexity index is 598. The van der Waals surface area contributed by atoms with E-state index in [0.29, 0.717) is 12.4 Å². The molecule has 0 amide bonds. The number of hydrogen-bond acceptors (Lipinski definition) is 5. The molecule has 1 aromatic carbocycles. The lowest BCUT2D eigenvalue weighted by molar-refractivity contribution is 0.425. The fraction of sp³-hybridized carbons (Fsp3) is 0.375. The molecule has 5 nitrogen and oxygen atoms in total. The third-order valence-electron chi connectivity index (χ3n) is 3.09. The summed E-state index contributed by atoms with van der Waals surface area (Å²) in [6.45, 7) is 4.20. The van der Waals surface area contributed by atoms with Gasteiger partial charge in [-0.2, -0.15) is 0 Å². The number of benzene rings is 1. The second-order valence-corrected chi connectivity index (χ2v) is 5.40. The summed E-state index contributed by atoms with van der Waals surface area (Å²) in [6, 6.07) is 8.30. The van der Waals surface area contributed by atoms with Gasteiger partial charge in [0.05, 0.1) is 0 Å². The Balaban J connectivity index is 1.95. The Morgan fingerprint density at radius 3 is 2.32 bits per heavy atom. The fourth-order valence-corrected chi connectivity index (χ4v) is 1.95. The minimum absolute atomic E-state index is 0.228. The maximum absolute atomic E-state index is 12.9. The zero-order valence-corrected chi connectivity index (χ0v) is 13.2. The molecule has 2 N–H and O–H groups in total. The van der Waals surface area contributed by atoms with E-state index in [9.17, 15) is 4.39 Å². The van der Waals surface area contributed by atoms with Gasteiger partial charge in [-0.1, -0.05) is 12.1 Å². The van der Waals surface area contributed by atoms with Crippen LogP contribution in [0.15, 0.2) is 30.3 Å². The van der Waals surface area contributed by atoms with Crippen molar-refractivity contribution >= 4 is 11.6 Å². The zero-order valence-electron chi connectivity index (χ0n) is 13.2. The van der Waals surface area contributed by atoms with E-state index >= 15 is 0 Å². The topological polar surface area (TPSA) is 53.1 Å². The normalized spacial score (nSPS) is 10.8. The molecule has 1 aromatic heterocycles. The van der Waals surface area contributed by atoms with Crippen molar-refractivity contribution in [1.82, 2.24) is 14.9 Å². The predicted octanol–water partition coefficient (Wildman–Crippen LogP) is 2.51. The first-order valence-corrected chi connectivity index (χ1v) is 7.25. The molecule has 0 radical (unpaired) electrons. The molecule has 0 bridgehead atoms. The number of aryl methyl sites for hydroxylation is 1. The van der Waals surface area contributed by atoms with E-state index in [2.05, 4.69) is 25.5 Å². The van der Waals surface area contributed by atoms with E-state index in [-0.39, 0.29) is 5.82 Å².